The largest absolute Gasteiger partial charge is 0.354 e. The lowest BCUT2D eigenvalue weighted by Gasteiger charge is -2.29. The van der Waals surface area contributed by atoms with E-state index in [0.717, 1.165) is 44.6 Å². The third-order valence-electron chi connectivity index (χ3n) is 5.37. The van der Waals surface area contributed by atoms with Crippen molar-refractivity contribution in [1.29, 1.82) is 0 Å². The van der Waals surface area contributed by atoms with E-state index in [4.69, 9.17) is 0 Å². The normalized spacial score (nSPS) is 25.3. The number of hydrogen-bond donors (Lipinski definition) is 3. The molecule has 0 aromatic heterocycles. The molecule has 2 aliphatic carbocycles. The minimum absolute atomic E-state index is 0.0358. The van der Waals surface area contributed by atoms with Crippen molar-refractivity contribution < 1.29 is 9.59 Å². The molecule has 2 atom stereocenters. The van der Waals surface area contributed by atoms with Gasteiger partial charge in [-0.15, -0.1) is 0 Å². The van der Waals surface area contributed by atoms with Gasteiger partial charge in [0.1, 0.15) is 0 Å². The summed E-state index contributed by atoms with van der Waals surface area (Å²) in [4.78, 5) is 24.2. The predicted molar refractivity (Wildman–Crippen MR) is 96.8 cm³/mol. The molecule has 5 nitrogen and oxygen atoms in total. The van der Waals surface area contributed by atoms with E-state index in [0.29, 0.717) is 0 Å². The Balaban J connectivity index is 1.64. The Labute approximate surface area is 146 Å². The summed E-state index contributed by atoms with van der Waals surface area (Å²) in [6.45, 7) is 4.73. The summed E-state index contributed by atoms with van der Waals surface area (Å²) in [7, 11) is 0. The second kappa shape index (κ2) is 9.90. The molecule has 5 heteroatoms. The summed E-state index contributed by atoms with van der Waals surface area (Å²) in [6, 6.07) is 0.228. The molecule has 3 amide bonds. The van der Waals surface area contributed by atoms with Crippen molar-refractivity contribution in [2.75, 3.05) is 6.54 Å². The van der Waals surface area contributed by atoms with Crippen molar-refractivity contribution in [3.8, 4) is 0 Å². The zero-order valence-corrected chi connectivity index (χ0v) is 15.4. The van der Waals surface area contributed by atoms with Gasteiger partial charge in [0.15, 0.2) is 0 Å². The molecule has 0 aromatic carbocycles. The lowest BCUT2D eigenvalue weighted by molar-refractivity contribution is -0.126. The molecule has 2 unspecified atom stereocenters. The molecule has 2 fully saturated rings. The molecule has 3 N–H and O–H groups in total. The van der Waals surface area contributed by atoms with E-state index in [-0.39, 0.29) is 29.9 Å². The maximum Gasteiger partial charge on any atom is 0.315 e. The van der Waals surface area contributed by atoms with Gasteiger partial charge in [-0.2, -0.15) is 0 Å². The average molecular weight is 338 g/mol. The smallest absolute Gasteiger partial charge is 0.315 e. The highest BCUT2D eigenvalue weighted by Crippen LogP contribution is 2.26. The predicted octanol–water partition coefficient (Wildman–Crippen LogP) is 3.34. The Hall–Kier alpha value is -1.26. The molecule has 0 bridgehead atoms. The first-order valence-electron chi connectivity index (χ1n) is 9.89. The van der Waals surface area contributed by atoms with Crippen LogP contribution in [-0.2, 0) is 4.79 Å². The van der Waals surface area contributed by atoms with E-state index in [9.17, 15) is 9.59 Å². The van der Waals surface area contributed by atoms with E-state index in [1.54, 1.807) is 0 Å². The van der Waals surface area contributed by atoms with Crippen LogP contribution >= 0.6 is 0 Å². The van der Waals surface area contributed by atoms with Gasteiger partial charge in [0.05, 0.1) is 0 Å². The fourth-order valence-corrected chi connectivity index (χ4v) is 4.06. The highest BCUT2D eigenvalue weighted by Gasteiger charge is 2.28. The van der Waals surface area contributed by atoms with Crippen LogP contribution in [0.25, 0.3) is 0 Å². The number of carbonyl (C=O) groups excluding carboxylic acids is 2. The molecular weight excluding hydrogens is 302 g/mol. The molecule has 0 saturated heterocycles. The van der Waals surface area contributed by atoms with E-state index >= 15 is 0 Å². The molecule has 0 spiro atoms. The van der Waals surface area contributed by atoms with Crippen LogP contribution in [0.3, 0.4) is 0 Å². The van der Waals surface area contributed by atoms with Crippen LogP contribution < -0.4 is 16.0 Å². The van der Waals surface area contributed by atoms with Crippen molar-refractivity contribution >= 4 is 11.9 Å². The van der Waals surface area contributed by atoms with Crippen molar-refractivity contribution in [2.45, 2.75) is 90.1 Å². The third-order valence-corrected chi connectivity index (χ3v) is 5.37. The molecule has 0 aromatic rings. The lowest BCUT2D eigenvalue weighted by Crippen LogP contribution is -2.47. The molecule has 2 rings (SSSR count). The van der Waals surface area contributed by atoms with Gasteiger partial charge in [0.2, 0.25) is 5.91 Å². The highest BCUT2D eigenvalue weighted by atomic mass is 16.2. The number of rotatable bonds is 6. The van der Waals surface area contributed by atoms with Gasteiger partial charge in [-0.1, -0.05) is 38.5 Å². The summed E-state index contributed by atoms with van der Waals surface area (Å²) in [5.41, 5.74) is 0. The van der Waals surface area contributed by atoms with E-state index in [1.807, 2.05) is 13.8 Å². The van der Waals surface area contributed by atoms with Gasteiger partial charge in [-0.05, 0) is 45.4 Å². The fourth-order valence-electron chi connectivity index (χ4n) is 4.06. The quantitative estimate of drug-likeness (QED) is 0.696. The van der Waals surface area contributed by atoms with Crippen molar-refractivity contribution in [3.05, 3.63) is 0 Å². The van der Waals surface area contributed by atoms with Gasteiger partial charge in [0, 0.05) is 24.5 Å². The minimum atomic E-state index is -0.0688. The molecule has 24 heavy (non-hydrogen) atoms. The summed E-state index contributed by atoms with van der Waals surface area (Å²) in [5.74, 6) is 0.959. The van der Waals surface area contributed by atoms with Crippen molar-refractivity contribution in [2.24, 2.45) is 11.8 Å². The summed E-state index contributed by atoms with van der Waals surface area (Å²) in [6.07, 6.45) is 11.5. The molecule has 2 aliphatic rings. The van der Waals surface area contributed by atoms with Gasteiger partial charge in [-0.3, -0.25) is 4.79 Å². The monoisotopic (exact) mass is 337 g/mol. The number of urea groups is 1. The van der Waals surface area contributed by atoms with Crippen molar-refractivity contribution in [1.82, 2.24) is 16.0 Å². The van der Waals surface area contributed by atoms with Crippen molar-refractivity contribution in [3.63, 3.8) is 0 Å². The van der Waals surface area contributed by atoms with Crippen LogP contribution in [0.2, 0.25) is 0 Å². The zero-order valence-electron chi connectivity index (χ0n) is 15.4. The SMILES string of the molecule is CC(C)NC(=O)C1CCCC(NC(=O)NCCC2CCCCC2)C1. The van der Waals surface area contributed by atoms with Gasteiger partial charge in [-0.25, -0.2) is 4.79 Å². The Morgan fingerprint density at radius 1 is 1.00 bits per heavy atom. The van der Waals surface area contributed by atoms with Gasteiger partial charge < -0.3 is 16.0 Å². The zero-order chi connectivity index (χ0) is 17.4. The molecule has 138 valence electrons. The number of hydrogen-bond acceptors (Lipinski definition) is 2. The molecular formula is C19H35N3O2. The maximum absolute atomic E-state index is 12.1. The second-order valence-corrected chi connectivity index (χ2v) is 7.92. The lowest BCUT2D eigenvalue weighted by atomic mass is 9.85. The first kappa shape index (κ1) is 19.1. The Kier molecular flexibility index (Phi) is 7.86. The summed E-state index contributed by atoms with van der Waals surface area (Å²) in [5, 5.41) is 9.06. The number of amides is 3. The van der Waals surface area contributed by atoms with Crippen LogP contribution in [0, 0.1) is 11.8 Å². The summed E-state index contributed by atoms with van der Waals surface area (Å²) >= 11 is 0. The molecule has 0 radical (unpaired) electrons. The van der Waals surface area contributed by atoms with Crippen LogP contribution in [0.1, 0.15) is 78.1 Å². The van der Waals surface area contributed by atoms with Gasteiger partial charge in [0.25, 0.3) is 0 Å². The van der Waals surface area contributed by atoms with Gasteiger partial charge >= 0.3 is 6.03 Å². The Morgan fingerprint density at radius 2 is 1.75 bits per heavy atom. The van der Waals surface area contributed by atoms with Crippen LogP contribution in [-0.4, -0.2) is 30.6 Å². The first-order valence-corrected chi connectivity index (χ1v) is 9.89. The van der Waals surface area contributed by atoms with Crippen LogP contribution in [0.5, 0.6) is 0 Å². The van der Waals surface area contributed by atoms with E-state index in [1.165, 1.54) is 32.1 Å². The maximum atomic E-state index is 12.1. The Bertz CT molecular complexity index is 405. The molecule has 0 aliphatic heterocycles. The van der Waals surface area contributed by atoms with E-state index in [2.05, 4.69) is 16.0 Å². The first-order chi connectivity index (χ1) is 11.5. The standard InChI is InChI=1S/C19H35N3O2/c1-14(2)21-18(23)16-9-6-10-17(13-16)22-19(24)20-12-11-15-7-4-3-5-8-15/h14-17H,3-13H2,1-2H3,(H,21,23)(H2,20,22,24). The fraction of sp³-hybridized carbons (Fsp3) is 0.895. The Morgan fingerprint density at radius 3 is 2.46 bits per heavy atom. The minimum Gasteiger partial charge on any atom is -0.354 e. The van der Waals surface area contributed by atoms with E-state index < -0.39 is 0 Å². The number of carbonyl (C=O) groups is 2. The molecule has 2 saturated carbocycles. The highest BCUT2D eigenvalue weighted by molar-refractivity contribution is 5.79. The third kappa shape index (κ3) is 6.70. The molecule has 0 heterocycles. The topological polar surface area (TPSA) is 70.2 Å². The van der Waals surface area contributed by atoms with Crippen LogP contribution in [0.4, 0.5) is 4.79 Å². The summed E-state index contributed by atoms with van der Waals surface area (Å²) < 4.78 is 0. The second-order valence-electron chi connectivity index (χ2n) is 7.92. The average Bonchev–Trinajstić information content (AvgIpc) is 2.55. The number of nitrogens with one attached hydrogen (secondary N) is 3. The van der Waals surface area contributed by atoms with Crippen LogP contribution in [0.15, 0.2) is 0 Å².